The molecule has 0 spiro atoms. The molecule has 158 valence electrons. The molecule has 0 radical (unpaired) electrons. The molecule has 1 unspecified atom stereocenters. The fourth-order valence-corrected chi connectivity index (χ4v) is 6.74. The van der Waals surface area contributed by atoms with Crippen molar-refractivity contribution in [2.45, 2.75) is 12.7 Å². The number of phenols is 1. The minimum atomic E-state index is -3.13. The number of hydrogen-bond donors (Lipinski definition) is 2. The van der Waals surface area contributed by atoms with E-state index in [1.807, 2.05) is 91.0 Å². The monoisotopic (exact) mass is 432 g/mol. The van der Waals surface area contributed by atoms with Crippen LogP contribution in [0.1, 0.15) is 17.2 Å². The van der Waals surface area contributed by atoms with E-state index in [9.17, 15) is 14.8 Å². The van der Waals surface area contributed by atoms with Gasteiger partial charge >= 0.3 is 0 Å². The lowest BCUT2D eigenvalue weighted by Crippen LogP contribution is -2.22. The molecule has 0 amide bonds. The molecule has 0 bridgehead atoms. The lowest BCUT2D eigenvalue weighted by atomic mass is 9.97. The number of fused-ring (bicyclic) bond motifs is 1. The van der Waals surface area contributed by atoms with Crippen LogP contribution >= 0.6 is 7.14 Å². The van der Waals surface area contributed by atoms with E-state index >= 15 is 0 Å². The summed E-state index contributed by atoms with van der Waals surface area (Å²) in [5, 5.41) is 25.1. The van der Waals surface area contributed by atoms with E-state index in [1.54, 1.807) is 7.11 Å². The molecule has 0 aliphatic rings. The van der Waals surface area contributed by atoms with Crippen LogP contribution in [0.15, 0.2) is 91.0 Å². The summed E-state index contributed by atoms with van der Waals surface area (Å²) < 4.78 is 19.7. The number of aromatic hydroxyl groups is 1. The molecule has 31 heavy (non-hydrogen) atoms. The second-order valence-corrected chi connectivity index (χ2v) is 10.4. The van der Waals surface area contributed by atoms with Gasteiger partial charge in [0, 0.05) is 34.8 Å². The van der Waals surface area contributed by atoms with Gasteiger partial charge in [-0.1, -0.05) is 84.9 Å². The summed E-state index contributed by atoms with van der Waals surface area (Å²) in [5.74, 6) is 0.0863. The first kappa shape index (κ1) is 21.3. The van der Waals surface area contributed by atoms with Crippen LogP contribution in [0, 0.1) is 0 Å². The maximum Gasteiger partial charge on any atom is 0.146 e. The third-order valence-corrected chi connectivity index (χ3v) is 8.71. The highest BCUT2D eigenvalue weighted by Gasteiger charge is 2.32. The van der Waals surface area contributed by atoms with Gasteiger partial charge in [-0.25, -0.2) is 0 Å². The Morgan fingerprint density at radius 1 is 0.871 bits per heavy atom. The zero-order valence-corrected chi connectivity index (χ0v) is 18.2. The number of hydrogen-bond acceptors (Lipinski definition) is 4. The van der Waals surface area contributed by atoms with Crippen molar-refractivity contribution in [2.75, 3.05) is 13.3 Å². The summed E-state index contributed by atoms with van der Waals surface area (Å²) in [4.78, 5) is 0. The summed E-state index contributed by atoms with van der Waals surface area (Å²) in [7, 11) is -1.59. The molecule has 4 aromatic carbocycles. The quantitative estimate of drug-likeness (QED) is 0.414. The van der Waals surface area contributed by atoms with Gasteiger partial charge in [0.25, 0.3) is 0 Å². The van der Waals surface area contributed by atoms with E-state index < -0.39 is 13.2 Å². The highest BCUT2D eigenvalue weighted by molar-refractivity contribution is 7.78. The van der Waals surface area contributed by atoms with Crippen LogP contribution in [0.25, 0.3) is 10.8 Å². The normalized spacial score (nSPS) is 12.7. The average Bonchev–Trinajstić information content (AvgIpc) is 2.82. The van der Waals surface area contributed by atoms with Crippen LogP contribution in [0.3, 0.4) is 0 Å². The van der Waals surface area contributed by atoms with Gasteiger partial charge < -0.3 is 19.5 Å². The zero-order chi connectivity index (χ0) is 21.8. The Hall–Kier alpha value is -2.91. The van der Waals surface area contributed by atoms with Crippen molar-refractivity contribution in [2.24, 2.45) is 0 Å². The van der Waals surface area contributed by atoms with E-state index in [0.29, 0.717) is 27.1 Å². The van der Waals surface area contributed by atoms with Gasteiger partial charge in [-0.05, 0) is 17.0 Å². The molecule has 0 aromatic heterocycles. The number of rotatable bonds is 7. The van der Waals surface area contributed by atoms with Crippen molar-refractivity contribution in [1.29, 1.82) is 0 Å². The second kappa shape index (κ2) is 9.07. The number of phenolic OH excluding ortho intramolecular Hbond substituents is 1. The molecule has 0 aliphatic heterocycles. The van der Waals surface area contributed by atoms with E-state index in [0.717, 1.165) is 5.39 Å². The number of aliphatic hydroxyl groups excluding tert-OH is 1. The predicted octanol–water partition coefficient (Wildman–Crippen LogP) is 4.74. The Labute approximate surface area is 182 Å². The molecular formula is C26H25O4P. The van der Waals surface area contributed by atoms with E-state index in [2.05, 4.69) is 0 Å². The largest absolute Gasteiger partial charge is 0.507 e. The van der Waals surface area contributed by atoms with E-state index in [1.165, 1.54) is 0 Å². The molecule has 0 saturated heterocycles. The molecular weight excluding hydrogens is 407 g/mol. The number of benzene rings is 4. The molecule has 4 nitrogen and oxygen atoms in total. The Kier molecular flexibility index (Phi) is 6.24. The third kappa shape index (κ3) is 4.15. The Balaban J connectivity index is 1.83. The second-order valence-electron chi connectivity index (χ2n) is 7.56. The van der Waals surface area contributed by atoms with Crippen LogP contribution in [0.5, 0.6) is 5.75 Å². The highest BCUT2D eigenvalue weighted by atomic mass is 31.2. The Bertz CT molecular complexity index is 1180. The van der Waals surface area contributed by atoms with Crippen molar-refractivity contribution in [3.05, 3.63) is 102 Å². The van der Waals surface area contributed by atoms with Crippen LogP contribution in [-0.4, -0.2) is 23.5 Å². The van der Waals surface area contributed by atoms with Gasteiger partial charge in [0.05, 0.1) is 12.7 Å². The topological polar surface area (TPSA) is 66.8 Å². The maximum absolute atomic E-state index is 14.4. The van der Waals surface area contributed by atoms with Crippen molar-refractivity contribution in [3.63, 3.8) is 0 Å². The minimum absolute atomic E-state index is 0.0233. The molecule has 0 fully saturated rings. The fraction of sp³-hybridized carbons (Fsp3) is 0.154. The average molecular weight is 432 g/mol. The van der Waals surface area contributed by atoms with Crippen LogP contribution < -0.4 is 10.6 Å². The summed E-state index contributed by atoms with van der Waals surface area (Å²) in [6.45, 7) is 0.143. The third-order valence-electron chi connectivity index (χ3n) is 5.59. The van der Waals surface area contributed by atoms with Crippen molar-refractivity contribution < 1.29 is 19.5 Å². The summed E-state index contributed by atoms with van der Waals surface area (Å²) >= 11 is 0. The first-order valence-electron chi connectivity index (χ1n) is 10.2. The first-order valence-corrected chi connectivity index (χ1v) is 12.0. The van der Waals surface area contributed by atoms with Crippen molar-refractivity contribution >= 4 is 28.5 Å². The fourth-order valence-electron chi connectivity index (χ4n) is 4.03. The van der Waals surface area contributed by atoms with Crippen molar-refractivity contribution in [3.8, 4) is 5.75 Å². The lowest BCUT2D eigenvalue weighted by molar-refractivity contribution is 0.169. The zero-order valence-electron chi connectivity index (χ0n) is 17.3. The molecule has 4 rings (SSSR count). The maximum atomic E-state index is 14.4. The molecule has 0 heterocycles. The van der Waals surface area contributed by atoms with Gasteiger partial charge in [0.2, 0.25) is 0 Å². The van der Waals surface area contributed by atoms with Crippen LogP contribution in [0.2, 0.25) is 0 Å². The van der Waals surface area contributed by atoms with Crippen LogP contribution in [0.4, 0.5) is 0 Å². The van der Waals surface area contributed by atoms with Gasteiger partial charge in [0.1, 0.15) is 12.9 Å². The number of aliphatic hydroxyl groups is 1. The summed E-state index contributed by atoms with van der Waals surface area (Å²) in [6, 6.07) is 27.9. The van der Waals surface area contributed by atoms with Gasteiger partial charge in [-0.2, -0.15) is 0 Å². The van der Waals surface area contributed by atoms with E-state index in [4.69, 9.17) is 4.74 Å². The lowest BCUT2D eigenvalue weighted by Gasteiger charge is -2.24. The number of methoxy groups -OCH3 is 1. The number of ether oxygens (including phenoxy) is 1. The minimum Gasteiger partial charge on any atom is -0.507 e. The predicted molar refractivity (Wildman–Crippen MR) is 126 cm³/mol. The standard InChI is InChI=1S/C26H25O4P/c1-30-17-24-23(16-19-10-8-9-15-22(19)26(24)28)25(27)18-31(29,20-11-4-2-5-12-20)21-13-6-3-7-14-21/h2-16,25,27-28H,17-18H2,1H3. The van der Waals surface area contributed by atoms with Gasteiger partial charge in [-0.3, -0.25) is 0 Å². The highest BCUT2D eigenvalue weighted by Crippen LogP contribution is 2.48. The Morgan fingerprint density at radius 2 is 1.42 bits per heavy atom. The van der Waals surface area contributed by atoms with Gasteiger partial charge in [-0.15, -0.1) is 0 Å². The SMILES string of the molecule is COCc1c(C(O)CP(=O)(c2ccccc2)c2ccccc2)cc2ccccc2c1O. The smallest absolute Gasteiger partial charge is 0.146 e. The molecule has 1 atom stereocenters. The Morgan fingerprint density at radius 3 is 2.00 bits per heavy atom. The molecule has 2 N–H and O–H groups in total. The van der Waals surface area contributed by atoms with E-state index in [-0.39, 0.29) is 18.5 Å². The van der Waals surface area contributed by atoms with Crippen molar-refractivity contribution in [1.82, 2.24) is 0 Å². The molecule has 0 aliphatic carbocycles. The first-order chi connectivity index (χ1) is 15.0. The molecule has 0 saturated carbocycles. The summed E-state index contributed by atoms with van der Waals surface area (Å²) in [5.41, 5.74) is 1.05. The van der Waals surface area contributed by atoms with Gasteiger partial charge in [0.15, 0.2) is 0 Å². The summed E-state index contributed by atoms with van der Waals surface area (Å²) in [6.07, 6.45) is -1.03. The molecule has 4 aromatic rings. The van der Waals surface area contributed by atoms with Crippen LogP contribution in [-0.2, 0) is 15.9 Å². The molecule has 5 heteroatoms.